The summed E-state index contributed by atoms with van der Waals surface area (Å²) in [6.07, 6.45) is 0.900. The normalized spacial score (nSPS) is 12.1. The van der Waals surface area contributed by atoms with Gasteiger partial charge in [0.1, 0.15) is 11.2 Å². The third-order valence-corrected chi connectivity index (χ3v) is 16.3. The van der Waals surface area contributed by atoms with Crippen molar-refractivity contribution in [3.63, 3.8) is 0 Å². The first kappa shape index (κ1) is 40.0. The van der Waals surface area contributed by atoms with Crippen LogP contribution in [0.3, 0.4) is 0 Å². The van der Waals surface area contributed by atoms with E-state index >= 15 is 0 Å². The van der Waals surface area contributed by atoms with Crippen molar-refractivity contribution in [3.05, 3.63) is 230 Å². The second-order valence-corrected chi connectivity index (χ2v) is 20.0. The van der Waals surface area contributed by atoms with Crippen LogP contribution in [0, 0.1) is 0 Å². The summed E-state index contributed by atoms with van der Waals surface area (Å²) in [7, 11) is 0. The van der Waals surface area contributed by atoms with Gasteiger partial charge in [-0.1, -0.05) is 152 Å². The highest BCUT2D eigenvalue weighted by Gasteiger charge is 2.27. The summed E-state index contributed by atoms with van der Waals surface area (Å²) < 4.78 is 8.95. The fourth-order valence-corrected chi connectivity index (χ4v) is 13.3. The Morgan fingerprint density at radius 3 is 1.88 bits per heavy atom. The van der Waals surface area contributed by atoms with Crippen LogP contribution in [-0.4, -0.2) is 0 Å². The molecule has 0 bridgehead atoms. The lowest BCUT2D eigenvalue weighted by Gasteiger charge is -2.30. The van der Waals surface area contributed by atoms with E-state index in [0.717, 1.165) is 62.5 Å². The SMILES string of the molecule is CCc1c2c3c(cccc3c3cc(N(c4ccc5oc6ccccc6c5c4)c4ccccc4-c4ccccc4)ccc13)Sc1cc(N(c3ccccc3)c3ccc4c(c3)sc3ccccc34)ccc1-2. The molecule has 326 valence electrons. The van der Waals surface area contributed by atoms with Gasteiger partial charge < -0.3 is 14.2 Å². The smallest absolute Gasteiger partial charge is 0.135 e. The Hall–Kier alpha value is -8.09. The van der Waals surface area contributed by atoms with Gasteiger partial charge in [0.05, 0.1) is 5.69 Å². The molecular weight excluding hydrogens is 877 g/mol. The molecule has 1 aliphatic rings. The molecular formula is C64H42N2OS2. The van der Waals surface area contributed by atoms with Gasteiger partial charge in [-0.25, -0.2) is 0 Å². The molecule has 0 aliphatic carbocycles. The minimum absolute atomic E-state index is 0.884. The Kier molecular flexibility index (Phi) is 9.29. The molecule has 1 aliphatic heterocycles. The van der Waals surface area contributed by atoms with Gasteiger partial charge in [0.2, 0.25) is 0 Å². The Labute approximate surface area is 408 Å². The molecule has 0 saturated heterocycles. The molecule has 2 aromatic heterocycles. The van der Waals surface area contributed by atoms with Gasteiger partial charge in [-0.3, -0.25) is 0 Å². The quantitative estimate of drug-likeness (QED) is 0.141. The van der Waals surface area contributed by atoms with Gasteiger partial charge in [-0.05, 0) is 136 Å². The van der Waals surface area contributed by atoms with Crippen molar-refractivity contribution in [2.24, 2.45) is 0 Å². The summed E-state index contributed by atoms with van der Waals surface area (Å²) in [6.45, 7) is 2.32. The summed E-state index contributed by atoms with van der Waals surface area (Å²) in [6, 6.07) is 82.1. The highest BCUT2D eigenvalue weighted by Crippen LogP contribution is 2.54. The van der Waals surface area contributed by atoms with E-state index in [4.69, 9.17) is 4.42 Å². The minimum atomic E-state index is 0.884. The largest absolute Gasteiger partial charge is 0.456 e. The Morgan fingerprint density at radius 1 is 0.391 bits per heavy atom. The first-order valence-corrected chi connectivity index (χ1v) is 25.3. The lowest BCUT2D eigenvalue weighted by atomic mass is 9.86. The minimum Gasteiger partial charge on any atom is -0.456 e. The van der Waals surface area contributed by atoms with E-state index in [9.17, 15) is 0 Å². The lowest BCUT2D eigenvalue weighted by molar-refractivity contribution is 0.669. The molecule has 0 atom stereocenters. The zero-order chi connectivity index (χ0) is 45.6. The summed E-state index contributed by atoms with van der Waals surface area (Å²) in [5.74, 6) is 0. The Morgan fingerprint density at radius 2 is 1.03 bits per heavy atom. The van der Waals surface area contributed by atoms with Gasteiger partial charge >= 0.3 is 0 Å². The standard InChI is InChI=1S/C64H42N2OS2/c1-2-46-48-32-28-42(66(56-24-12-9-20-47(56)40-16-5-3-6-17-40)43-31-35-58-55(37-43)49-21-10-13-25-57(49)67-58)36-54(48)52-23-15-27-60-64(52)63(46)53-34-30-45(39-62(53)69-60)65(41-18-7-4-8-19-41)44-29-33-51-50-22-11-14-26-59(50)68-61(51)38-44/h3-39H,2H2,1H3. The summed E-state index contributed by atoms with van der Waals surface area (Å²) in [4.78, 5) is 7.41. The third kappa shape index (κ3) is 6.42. The average Bonchev–Trinajstić information content (AvgIpc) is 3.97. The van der Waals surface area contributed by atoms with Crippen molar-refractivity contribution in [1.29, 1.82) is 0 Å². The van der Waals surface area contributed by atoms with Crippen LogP contribution in [0.15, 0.2) is 239 Å². The van der Waals surface area contributed by atoms with Crippen molar-refractivity contribution in [3.8, 4) is 22.3 Å². The lowest BCUT2D eigenvalue weighted by Crippen LogP contribution is -2.11. The molecule has 3 nitrogen and oxygen atoms in total. The van der Waals surface area contributed by atoms with Crippen molar-refractivity contribution >= 4 is 121 Å². The highest BCUT2D eigenvalue weighted by molar-refractivity contribution is 7.99. The fourth-order valence-electron chi connectivity index (χ4n) is 11.0. The molecule has 0 spiro atoms. The maximum Gasteiger partial charge on any atom is 0.135 e. The molecule has 3 heterocycles. The first-order valence-electron chi connectivity index (χ1n) is 23.6. The highest BCUT2D eigenvalue weighted by atomic mass is 32.2. The number of hydrogen-bond donors (Lipinski definition) is 0. The second kappa shape index (κ2) is 16.0. The number of fused-ring (bicyclic) bond motifs is 10. The number of nitrogens with zero attached hydrogens (tertiary/aromatic N) is 2. The molecule has 0 N–H and O–H groups in total. The second-order valence-electron chi connectivity index (χ2n) is 17.8. The Bertz CT molecular complexity index is 4170. The van der Waals surface area contributed by atoms with Crippen LogP contribution in [0.2, 0.25) is 0 Å². The molecule has 11 aromatic carbocycles. The van der Waals surface area contributed by atoms with Gasteiger partial charge in [-0.15, -0.1) is 11.3 Å². The molecule has 0 fully saturated rings. The zero-order valence-electron chi connectivity index (χ0n) is 37.7. The maximum absolute atomic E-state index is 6.35. The predicted molar refractivity (Wildman–Crippen MR) is 295 cm³/mol. The maximum atomic E-state index is 6.35. The van der Waals surface area contributed by atoms with Crippen LogP contribution in [0.25, 0.3) is 85.9 Å². The monoisotopic (exact) mass is 918 g/mol. The number of rotatable bonds is 8. The summed E-state index contributed by atoms with van der Waals surface area (Å²) >= 11 is 3.76. The van der Waals surface area contributed by atoms with Crippen LogP contribution < -0.4 is 9.80 Å². The van der Waals surface area contributed by atoms with Crippen LogP contribution in [0.4, 0.5) is 34.1 Å². The van der Waals surface area contributed by atoms with Crippen LogP contribution in [0.5, 0.6) is 0 Å². The number of thiophene rings is 1. The third-order valence-electron chi connectivity index (χ3n) is 14.0. The molecule has 0 unspecified atom stereocenters. The van der Waals surface area contributed by atoms with Gasteiger partial charge in [-0.2, -0.15) is 0 Å². The summed E-state index contributed by atoms with van der Waals surface area (Å²) in [5, 5.41) is 9.99. The number of benzene rings is 11. The first-order chi connectivity index (χ1) is 34.2. The number of furan rings is 1. The number of aryl methyl sites for hydroxylation is 1. The van der Waals surface area contributed by atoms with Crippen molar-refractivity contribution in [2.45, 2.75) is 23.1 Å². The van der Waals surface area contributed by atoms with Crippen LogP contribution >= 0.6 is 23.1 Å². The number of hydrogen-bond acceptors (Lipinski definition) is 5. The molecule has 0 saturated carbocycles. The van der Waals surface area contributed by atoms with Gasteiger partial charge in [0.15, 0.2) is 0 Å². The van der Waals surface area contributed by atoms with E-state index in [1.165, 1.54) is 79.3 Å². The molecule has 0 amide bonds. The van der Waals surface area contributed by atoms with Crippen molar-refractivity contribution in [1.82, 2.24) is 0 Å². The van der Waals surface area contributed by atoms with Crippen molar-refractivity contribution < 1.29 is 4.42 Å². The van der Waals surface area contributed by atoms with E-state index in [1.54, 1.807) is 0 Å². The zero-order valence-corrected chi connectivity index (χ0v) is 39.3. The number of para-hydroxylation sites is 3. The van der Waals surface area contributed by atoms with E-state index in [-0.39, 0.29) is 0 Å². The van der Waals surface area contributed by atoms with E-state index in [2.05, 4.69) is 235 Å². The van der Waals surface area contributed by atoms with Gasteiger partial charge in [0.25, 0.3) is 0 Å². The topological polar surface area (TPSA) is 19.6 Å². The van der Waals surface area contributed by atoms with Gasteiger partial charge in [0, 0.05) is 80.1 Å². The van der Waals surface area contributed by atoms with E-state index < -0.39 is 0 Å². The Balaban J connectivity index is 0.943. The molecule has 5 heteroatoms. The van der Waals surface area contributed by atoms with Crippen molar-refractivity contribution in [2.75, 3.05) is 9.80 Å². The predicted octanol–water partition coefficient (Wildman–Crippen LogP) is 19.6. The van der Waals surface area contributed by atoms with Crippen LogP contribution in [0.1, 0.15) is 12.5 Å². The number of anilines is 6. The molecule has 14 rings (SSSR count). The average molecular weight is 919 g/mol. The molecule has 69 heavy (non-hydrogen) atoms. The molecule has 13 aromatic rings. The van der Waals surface area contributed by atoms with Crippen LogP contribution in [-0.2, 0) is 6.42 Å². The fraction of sp³-hybridized carbons (Fsp3) is 0.0312. The van der Waals surface area contributed by atoms with E-state index in [1.807, 2.05) is 29.2 Å². The summed E-state index contributed by atoms with van der Waals surface area (Å²) in [5.41, 5.74) is 14.9. The van der Waals surface area contributed by atoms with E-state index in [0.29, 0.717) is 0 Å². The molecule has 0 radical (unpaired) electrons.